The third-order valence-electron chi connectivity index (χ3n) is 7.28. The Balaban J connectivity index is 1.30. The molecule has 1 aliphatic heterocycles. The van der Waals surface area contributed by atoms with E-state index in [9.17, 15) is 18.0 Å². The Morgan fingerprint density at radius 2 is 1.50 bits per heavy atom. The molecule has 3 aromatic carbocycles. The molecule has 1 saturated heterocycles. The third-order valence-corrected chi connectivity index (χ3v) is 9.16. The van der Waals surface area contributed by atoms with E-state index < -0.39 is 10.0 Å². The van der Waals surface area contributed by atoms with Gasteiger partial charge in [0.15, 0.2) is 11.5 Å². The highest BCUT2D eigenvalue weighted by molar-refractivity contribution is 7.89. The minimum atomic E-state index is -3.16. The average molecular weight is 595 g/mol. The van der Waals surface area contributed by atoms with Crippen LogP contribution in [0.4, 0.5) is 5.69 Å². The Hall–Kier alpha value is -3.93. The summed E-state index contributed by atoms with van der Waals surface area (Å²) in [5.74, 6) is 0.793. The van der Waals surface area contributed by atoms with Crippen molar-refractivity contribution in [3.8, 4) is 11.5 Å². The van der Waals surface area contributed by atoms with Crippen LogP contribution in [0.2, 0.25) is 0 Å². The molecular formula is C31H38N4O6S. The van der Waals surface area contributed by atoms with Gasteiger partial charge in [0.25, 0.3) is 11.8 Å². The number of nitrogens with one attached hydrogen (secondary N) is 2. The zero-order chi connectivity index (χ0) is 30.1. The van der Waals surface area contributed by atoms with E-state index >= 15 is 0 Å². The van der Waals surface area contributed by atoms with Gasteiger partial charge in [0.1, 0.15) is 0 Å². The molecule has 0 spiro atoms. The molecule has 0 radical (unpaired) electrons. The van der Waals surface area contributed by atoms with Gasteiger partial charge in [-0.15, -0.1) is 0 Å². The number of methoxy groups -OCH3 is 2. The van der Waals surface area contributed by atoms with Crippen molar-refractivity contribution >= 4 is 27.5 Å². The summed E-state index contributed by atoms with van der Waals surface area (Å²) in [4.78, 5) is 28.2. The predicted molar refractivity (Wildman–Crippen MR) is 163 cm³/mol. The maximum Gasteiger partial charge on any atom is 0.255 e. The monoisotopic (exact) mass is 594 g/mol. The van der Waals surface area contributed by atoms with Crippen molar-refractivity contribution in [1.82, 2.24) is 14.5 Å². The molecule has 1 fully saturated rings. The first-order valence-electron chi connectivity index (χ1n) is 13.9. The molecule has 11 heteroatoms. The fourth-order valence-corrected chi connectivity index (χ4v) is 5.89. The lowest BCUT2D eigenvalue weighted by atomic mass is 10.1. The number of rotatable bonds is 12. The zero-order valence-corrected chi connectivity index (χ0v) is 25.1. The van der Waals surface area contributed by atoms with Gasteiger partial charge in [-0.3, -0.25) is 14.5 Å². The van der Waals surface area contributed by atoms with Crippen molar-refractivity contribution in [2.24, 2.45) is 0 Å². The van der Waals surface area contributed by atoms with E-state index in [2.05, 4.69) is 15.5 Å². The number of hydrogen-bond acceptors (Lipinski definition) is 7. The highest BCUT2D eigenvalue weighted by Gasteiger charge is 2.25. The number of nitrogens with zero attached hydrogens (tertiary/aromatic N) is 2. The molecule has 2 amide bonds. The molecule has 0 bridgehead atoms. The van der Waals surface area contributed by atoms with Crippen molar-refractivity contribution < 1.29 is 27.5 Å². The predicted octanol–water partition coefficient (Wildman–Crippen LogP) is 3.40. The molecule has 10 nitrogen and oxygen atoms in total. The number of anilines is 1. The fourth-order valence-electron chi connectivity index (χ4n) is 4.80. The van der Waals surface area contributed by atoms with Crippen LogP contribution in [0.1, 0.15) is 38.8 Å². The summed E-state index contributed by atoms with van der Waals surface area (Å²) in [7, 11) is 0.00381. The number of sulfonamides is 1. The number of carbonyl (C=O) groups excluding carboxylic acids is 2. The maximum atomic E-state index is 13.0. The minimum Gasteiger partial charge on any atom is -0.493 e. The number of piperazine rings is 1. The van der Waals surface area contributed by atoms with Crippen LogP contribution in [0.15, 0.2) is 66.7 Å². The molecule has 0 unspecified atom stereocenters. The number of carbonyl (C=O) groups is 2. The highest BCUT2D eigenvalue weighted by Crippen LogP contribution is 2.27. The van der Waals surface area contributed by atoms with Gasteiger partial charge in [0.2, 0.25) is 10.0 Å². The summed E-state index contributed by atoms with van der Waals surface area (Å²) >= 11 is 0. The van der Waals surface area contributed by atoms with E-state index in [0.29, 0.717) is 74.0 Å². The van der Waals surface area contributed by atoms with E-state index in [-0.39, 0.29) is 17.6 Å². The molecule has 0 atom stereocenters. The molecule has 2 N–H and O–H groups in total. The summed E-state index contributed by atoms with van der Waals surface area (Å²) in [5, 5.41) is 5.79. The van der Waals surface area contributed by atoms with Crippen LogP contribution >= 0.6 is 0 Å². The van der Waals surface area contributed by atoms with Crippen LogP contribution in [0.3, 0.4) is 0 Å². The van der Waals surface area contributed by atoms with Gasteiger partial charge in [-0.2, -0.15) is 4.31 Å². The minimum absolute atomic E-state index is 0.117. The quantitative estimate of drug-likeness (QED) is 0.330. The van der Waals surface area contributed by atoms with Crippen LogP contribution in [-0.2, 0) is 23.0 Å². The lowest BCUT2D eigenvalue weighted by Crippen LogP contribution is -2.48. The smallest absolute Gasteiger partial charge is 0.255 e. The van der Waals surface area contributed by atoms with Gasteiger partial charge in [0, 0.05) is 44.8 Å². The molecule has 1 aliphatic rings. The van der Waals surface area contributed by atoms with Gasteiger partial charge in [-0.05, 0) is 60.9 Å². The molecule has 0 aromatic heterocycles. The second-order valence-electron chi connectivity index (χ2n) is 9.97. The Bertz CT molecular complexity index is 1490. The van der Waals surface area contributed by atoms with E-state index in [0.717, 1.165) is 11.1 Å². The van der Waals surface area contributed by atoms with Gasteiger partial charge >= 0.3 is 0 Å². The summed E-state index contributed by atoms with van der Waals surface area (Å²) in [5.41, 5.74) is 3.30. The summed E-state index contributed by atoms with van der Waals surface area (Å²) in [6.45, 7) is 5.04. The Kier molecular flexibility index (Phi) is 10.6. The largest absolute Gasteiger partial charge is 0.493 e. The van der Waals surface area contributed by atoms with E-state index in [1.807, 2.05) is 30.3 Å². The molecule has 224 valence electrons. The van der Waals surface area contributed by atoms with Crippen LogP contribution < -0.4 is 20.1 Å². The molecular weight excluding hydrogens is 556 g/mol. The topological polar surface area (TPSA) is 117 Å². The normalized spacial score (nSPS) is 14.3. The summed E-state index contributed by atoms with van der Waals surface area (Å²) < 4.78 is 36.3. The lowest BCUT2D eigenvalue weighted by molar-refractivity contribution is 0.0955. The second kappa shape index (κ2) is 14.3. The third kappa shape index (κ3) is 7.87. The zero-order valence-electron chi connectivity index (χ0n) is 24.3. The molecule has 0 aliphatic carbocycles. The van der Waals surface area contributed by atoms with E-state index in [4.69, 9.17) is 9.47 Å². The standard InChI is InChI=1S/C31H38N4O6S/c1-4-42(38,39)35-19-17-34(18-20-35)22-24-9-12-25(13-10-24)30(36)33-27-8-6-5-7-26(27)31(37)32-16-15-23-11-14-28(40-2)29(21-23)41-3/h5-14,21H,4,15-20,22H2,1-3H3,(H,32,37)(H,33,36). The van der Waals surface area contributed by atoms with Crippen molar-refractivity contribution in [2.45, 2.75) is 19.9 Å². The Labute approximate surface area is 247 Å². The summed E-state index contributed by atoms with van der Waals surface area (Å²) in [6.07, 6.45) is 0.598. The van der Waals surface area contributed by atoms with Crippen molar-refractivity contribution in [3.05, 3.63) is 89.0 Å². The number of hydrogen-bond donors (Lipinski definition) is 2. The number of para-hydroxylation sites is 1. The van der Waals surface area contributed by atoms with Crippen LogP contribution in [0.5, 0.6) is 11.5 Å². The lowest BCUT2D eigenvalue weighted by Gasteiger charge is -2.33. The van der Waals surface area contributed by atoms with Crippen molar-refractivity contribution in [3.63, 3.8) is 0 Å². The number of ether oxygens (including phenoxy) is 2. The molecule has 3 aromatic rings. The van der Waals surface area contributed by atoms with Gasteiger partial charge < -0.3 is 20.1 Å². The van der Waals surface area contributed by atoms with Gasteiger partial charge in [-0.25, -0.2) is 8.42 Å². The molecule has 4 rings (SSSR count). The number of amides is 2. The highest BCUT2D eigenvalue weighted by atomic mass is 32.2. The maximum absolute atomic E-state index is 13.0. The summed E-state index contributed by atoms with van der Waals surface area (Å²) in [6, 6.07) is 19.9. The SMILES string of the molecule is CCS(=O)(=O)N1CCN(Cc2ccc(C(=O)Nc3ccccc3C(=O)NCCc3ccc(OC)c(OC)c3)cc2)CC1. The number of benzene rings is 3. The molecule has 0 saturated carbocycles. The first-order chi connectivity index (χ1) is 20.2. The fraction of sp³-hybridized carbons (Fsp3) is 0.355. The van der Waals surface area contributed by atoms with Crippen LogP contribution in [0, 0.1) is 0 Å². The van der Waals surface area contributed by atoms with E-state index in [1.54, 1.807) is 61.8 Å². The Morgan fingerprint density at radius 1 is 0.833 bits per heavy atom. The van der Waals surface area contributed by atoms with Gasteiger partial charge in [0.05, 0.1) is 31.2 Å². The first-order valence-corrected chi connectivity index (χ1v) is 15.5. The van der Waals surface area contributed by atoms with Gasteiger partial charge in [-0.1, -0.05) is 30.3 Å². The molecule has 42 heavy (non-hydrogen) atoms. The van der Waals surface area contributed by atoms with Crippen LogP contribution in [-0.4, -0.2) is 82.1 Å². The van der Waals surface area contributed by atoms with Crippen molar-refractivity contribution in [1.29, 1.82) is 0 Å². The first kappa shape index (κ1) is 31.0. The molecule has 1 heterocycles. The van der Waals surface area contributed by atoms with Crippen LogP contribution in [0.25, 0.3) is 0 Å². The van der Waals surface area contributed by atoms with E-state index in [1.165, 1.54) is 0 Å². The second-order valence-corrected chi connectivity index (χ2v) is 12.2. The average Bonchev–Trinajstić information content (AvgIpc) is 3.01. The Morgan fingerprint density at radius 3 is 2.17 bits per heavy atom. The van der Waals surface area contributed by atoms with Crippen molar-refractivity contribution in [2.75, 3.05) is 58.0 Å².